The van der Waals surface area contributed by atoms with E-state index in [9.17, 15) is 15.0 Å². The lowest BCUT2D eigenvalue weighted by Crippen LogP contribution is -2.06. The summed E-state index contributed by atoms with van der Waals surface area (Å²) in [6.07, 6.45) is 0. The van der Waals surface area contributed by atoms with Crippen LogP contribution in [-0.4, -0.2) is 26.0 Å². The third kappa shape index (κ3) is 3.44. The molecule has 0 radical (unpaired) electrons. The Balaban J connectivity index is 1.80. The van der Waals surface area contributed by atoms with Gasteiger partial charge in [0.25, 0.3) is 0 Å². The zero-order valence-corrected chi connectivity index (χ0v) is 14.1. The van der Waals surface area contributed by atoms with E-state index < -0.39 is 5.97 Å². The van der Waals surface area contributed by atoms with Crippen LogP contribution < -0.4 is 0 Å². The van der Waals surface area contributed by atoms with Crippen molar-refractivity contribution in [2.45, 2.75) is 13.5 Å². The van der Waals surface area contributed by atoms with Crippen molar-refractivity contribution in [1.29, 1.82) is 0 Å². The lowest BCUT2D eigenvalue weighted by Gasteiger charge is -2.07. The van der Waals surface area contributed by atoms with E-state index in [2.05, 4.69) is 5.10 Å². The minimum absolute atomic E-state index is 0.0398. The van der Waals surface area contributed by atoms with Crippen molar-refractivity contribution in [2.75, 3.05) is 0 Å². The standard InChI is InChI=1S/C18H15ClN2O4/c1-11-15(17(19)21(20-11)12-5-3-2-4-6-12)10-25-18(24)14-8-7-13(22)9-16(14)23/h2-9,22-23H,10H2,1H3. The maximum Gasteiger partial charge on any atom is 0.342 e. The molecule has 1 aromatic heterocycles. The molecule has 0 atom stereocenters. The van der Waals surface area contributed by atoms with Crippen LogP contribution in [0.4, 0.5) is 0 Å². The average Bonchev–Trinajstić information content (AvgIpc) is 2.88. The van der Waals surface area contributed by atoms with Crippen molar-refractivity contribution in [3.63, 3.8) is 0 Å². The van der Waals surface area contributed by atoms with Crippen LogP contribution in [0.2, 0.25) is 5.15 Å². The van der Waals surface area contributed by atoms with Crippen LogP contribution in [0.3, 0.4) is 0 Å². The number of carbonyl (C=O) groups excluding carboxylic acids is 1. The van der Waals surface area contributed by atoms with E-state index >= 15 is 0 Å². The summed E-state index contributed by atoms with van der Waals surface area (Å²) in [5, 5.41) is 23.7. The topological polar surface area (TPSA) is 84.6 Å². The Morgan fingerprint density at radius 2 is 1.92 bits per heavy atom. The third-order valence-electron chi connectivity index (χ3n) is 3.67. The number of para-hydroxylation sites is 1. The summed E-state index contributed by atoms with van der Waals surface area (Å²) < 4.78 is 6.79. The van der Waals surface area contributed by atoms with Gasteiger partial charge in [-0.2, -0.15) is 5.10 Å². The quantitative estimate of drug-likeness (QED) is 0.696. The van der Waals surface area contributed by atoms with E-state index in [0.717, 1.165) is 11.8 Å². The molecule has 0 fully saturated rings. The van der Waals surface area contributed by atoms with Gasteiger partial charge in [-0.05, 0) is 31.2 Å². The van der Waals surface area contributed by atoms with Gasteiger partial charge >= 0.3 is 5.97 Å². The van der Waals surface area contributed by atoms with Crippen molar-refractivity contribution >= 4 is 17.6 Å². The zero-order valence-electron chi connectivity index (χ0n) is 13.3. The molecule has 0 aliphatic carbocycles. The van der Waals surface area contributed by atoms with Crippen LogP contribution in [0.15, 0.2) is 48.5 Å². The van der Waals surface area contributed by atoms with Crippen molar-refractivity contribution in [2.24, 2.45) is 0 Å². The Morgan fingerprint density at radius 3 is 2.60 bits per heavy atom. The van der Waals surface area contributed by atoms with Gasteiger partial charge in [-0.25, -0.2) is 9.48 Å². The molecule has 2 N–H and O–H groups in total. The summed E-state index contributed by atoms with van der Waals surface area (Å²) in [7, 11) is 0. The number of hydrogen-bond donors (Lipinski definition) is 2. The molecule has 2 aromatic carbocycles. The molecular weight excluding hydrogens is 344 g/mol. The number of aromatic hydroxyl groups is 2. The zero-order chi connectivity index (χ0) is 18.0. The average molecular weight is 359 g/mol. The van der Waals surface area contributed by atoms with Gasteiger partial charge in [0, 0.05) is 11.6 Å². The monoisotopic (exact) mass is 358 g/mol. The Bertz CT molecular complexity index is 922. The molecule has 0 aliphatic heterocycles. The first-order chi connectivity index (χ1) is 12.0. The molecule has 1 heterocycles. The first-order valence-electron chi connectivity index (χ1n) is 7.46. The van der Waals surface area contributed by atoms with Crippen LogP contribution >= 0.6 is 11.6 Å². The van der Waals surface area contributed by atoms with Gasteiger partial charge in [-0.1, -0.05) is 29.8 Å². The maximum atomic E-state index is 12.1. The number of halogens is 1. The number of phenols is 2. The Morgan fingerprint density at radius 1 is 1.20 bits per heavy atom. The first kappa shape index (κ1) is 16.9. The van der Waals surface area contributed by atoms with E-state index in [1.54, 1.807) is 11.6 Å². The molecular formula is C18H15ClN2O4. The molecule has 3 rings (SSSR count). The van der Waals surface area contributed by atoms with Crippen molar-refractivity contribution < 1.29 is 19.7 Å². The molecule has 25 heavy (non-hydrogen) atoms. The number of aryl methyl sites for hydroxylation is 1. The second kappa shape index (κ2) is 6.86. The van der Waals surface area contributed by atoms with E-state index in [0.29, 0.717) is 16.4 Å². The first-order valence-corrected chi connectivity index (χ1v) is 7.83. The van der Waals surface area contributed by atoms with E-state index in [4.69, 9.17) is 16.3 Å². The van der Waals surface area contributed by atoms with Crippen LogP contribution in [0.25, 0.3) is 5.69 Å². The number of aromatic nitrogens is 2. The van der Waals surface area contributed by atoms with Crippen LogP contribution in [-0.2, 0) is 11.3 Å². The molecule has 0 unspecified atom stereocenters. The van der Waals surface area contributed by atoms with Gasteiger partial charge in [0.15, 0.2) is 0 Å². The number of ether oxygens (including phenoxy) is 1. The van der Waals surface area contributed by atoms with E-state index in [1.165, 1.54) is 12.1 Å². The fraction of sp³-hybridized carbons (Fsp3) is 0.111. The highest BCUT2D eigenvalue weighted by Gasteiger charge is 2.18. The molecule has 7 heteroatoms. The number of rotatable bonds is 4. The lowest BCUT2D eigenvalue weighted by atomic mass is 10.2. The van der Waals surface area contributed by atoms with Crippen LogP contribution in [0.5, 0.6) is 11.5 Å². The predicted molar refractivity (Wildman–Crippen MR) is 92.2 cm³/mol. The molecule has 0 spiro atoms. The minimum atomic E-state index is -0.722. The predicted octanol–water partition coefficient (Wildman–Crippen LogP) is 3.60. The normalized spacial score (nSPS) is 10.6. The SMILES string of the molecule is Cc1nn(-c2ccccc2)c(Cl)c1COC(=O)c1ccc(O)cc1O. The minimum Gasteiger partial charge on any atom is -0.508 e. The number of phenolic OH excluding ortho intramolecular Hbond substituents is 2. The van der Waals surface area contributed by atoms with Crippen LogP contribution in [0.1, 0.15) is 21.6 Å². The van der Waals surface area contributed by atoms with Gasteiger partial charge < -0.3 is 14.9 Å². The summed E-state index contributed by atoms with van der Waals surface area (Å²) in [6, 6.07) is 13.0. The van der Waals surface area contributed by atoms with Gasteiger partial charge in [0.2, 0.25) is 0 Å². The molecule has 0 aliphatic rings. The van der Waals surface area contributed by atoms with Gasteiger partial charge in [0.1, 0.15) is 28.8 Å². The highest BCUT2D eigenvalue weighted by Crippen LogP contribution is 2.26. The number of esters is 1. The third-order valence-corrected chi connectivity index (χ3v) is 4.06. The van der Waals surface area contributed by atoms with Crippen LogP contribution in [0, 0.1) is 6.92 Å². The summed E-state index contributed by atoms with van der Waals surface area (Å²) in [6.45, 7) is 1.68. The van der Waals surface area contributed by atoms with E-state index in [-0.39, 0.29) is 23.7 Å². The number of nitrogens with zero attached hydrogens (tertiary/aromatic N) is 2. The lowest BCUT2D eigenvalue weighted by molar-refractivity contribution is 0.0469. The summed E-state index contributed by atoms with van der Waals surface area (Å²) in [5.74, 6) is -1.22. The smallest absolute Gasteiger partial charge is 0.342 e. The Hall–Kier alpha value is -2.99. The van der Waals surface area contributed by atoms with Crippen molar-refractivity contribution in [1.82, 2.24) is 9.78 Å². The molecule has 0 amide bonds. The Kier molecular flexibility index (Phi) is 4.63. The number of hydrogen-bond acceptors (Lipinski definition) is 5. The van der Waals surface area contributed by atoms with Gasteiger partial charge in [-0.15, -0.1) is 0 Å². The highest BCUT2D eigenvalue weighted by molar-refractivity contribution is 6.30. The Labute approximate surface area is 148 Å². The molecule has 0 saturated heterocycles. The van der Waals surface area contributed by atoms with E-state index in [1.807, 2.05) is 30.3 Å². The molecule has 128 valence electrons. The molecule has 3 aromatic rings. The maximum absolute atomic E-state index is 12.1. The summed E-state index contributed by atoms with van der Waals surface area (Å²) in [5.41, 5.74) is 1.97. The largest absolute Gasteiger partial charge is 0.508 e. The second-order valence-corrected chi connectivity index (χ2v) is 5.74. The molecule has 0 saturated carbocycles. The summed E-state index contributed by atoms with van der Waals surface area (Å²) in [4.78, 5) is 12.1. The summed E-state index contributed by atoms with van der Waals surface area (Å²) >= 11 is 6.37. The van der Waals surface area contributed by atoms with Crippen molar-refractivity contribution in [3.05, 3.63) is 70.5 Å². The molecule has 6 nitrogen and oxygen atoms in total. The fourth-order valence-corrected chi connectivity index (χ4v) is 2.67. The fourth-order valence-electron chi connectivity index (χ4n) is 2.34. The number of benzene rings is 2. The van der Waals surface area contributed by atoms with Gasteiger partial charge in [-0.3, -0.25) is 0 Å². The van der Waals surface area contributed by atoms with Crippen molar-refractivity contribution in [3.8, 4) is 17.2 Å². The number of carbonyl (C=O) groups is 1. The highest BCUT2D eigenvalue weighted by atomic mass is 35.5. The second-order valence-electron chi connectivity index (χ2n) is 5.38. The molecule has 0 bridgehead atoms. The van der Waals surface area contributed by atoms with Gasteiger partial charge in [0.05, 0.1) is 11.4 Å².